The molecule has 6 heteroatoms. The van der Waals surface area contributed by atoms with Crippen molar-refractivity contribution in [2.24, 2.45) is 0 Å². The number of nitrogens with zero attached hydrogens (tertiary/aromatic N) is 2. The van der Waals surface area contributed by atoms with Crippen molar-refractivity contribution in [3.05, 3.63) is 41.5 Å². The van der Waals surface area contributed by atoms with E-state index in [1.807, 2.05) is 32.0 Å². The topological polar surface area (TPSA) is 79.9 Å². The van der Waals surface area contributed by atoms with Crippen molar-refractivity contribution >= 4 is 5.91 Å². The number of H-pyrrole nitrogens is 1. The SMILES string of the molecule is Cc1cccc(C)c1OCC(=O)NCCCc1ncn[nH]1. The maximum atomic E-state index is 11.7. The Hall–Kier alpha value is -2.37. The van der Waals surface area contributed by atoms with Crippen LogP contribution in [0.1, 0.15) is 23.4 Å². The molecule has 0 spiro atoms. The fraction of sp³-hybridized carbons (Fsp3) is 0.400. The number of aryl methyl sites for hydroxylation is 3. The van der Waals surface area contributed by atoms with Gasteiger partial charge in [0.05, 0.1) is 0 Å². The molecule has 0 fully saturated rings. The van der Waals surface area contributed by atoms with Gasteiger partial charge in [-0.15, -0.1) is 0 Å². The fourth-order valence-electron chi connectivity index (χ4n) is 2.05. The summed E-state index contributed by atoms with van der Waals surface area (Å²) in [6.07, 6.45) is 3.05. The van der Waals surface area contributed by atoms with Crippen LogP contribution in [0.4, 0.5) is 0 Å². The Morgan fingerprint density at radius 2 is 2.10 bits per heavy atom. The lowest BCUT2D eigenvalue weighted by Gasteiger charge is -2.11. The molecule has 21 heavy (non-hydrogen) atoms. The third kappa shape index (κ3) is 4.59. The Morgan fingerprint density at radius 1 is 1.33 bits per heavy atom. The third-order valence-electron chi connectivity index (χ3n) is 3.13. The molecular weight excluding hydrogens is 268 g/mol. The number of para-hydroxylation sites is 1. The second-order valence-corrected chi connectivity index (χ2v) is 4.90. The molecule has 0 bridgehead atoms. The third-order valence-corrected chi connectivity index (χ3v) is 3.13. The van der Waals surface area contributed by atoms with E-state index in [1.54, 1.807) is 0 Å². The zero-order valence-electron chi connectivity index (χ0n) is 12.3. The lowest BCUT2D eigenvalue weighted by molar-refractivity contribution is -0.123. The first-order chi connectivity index (χ1) is 10.2. The quantitative estimate of drug-likeness (QED) is 0.758. The first-order valence-corrected chi connectivity index (χ1v) is 6.97. The molecule has 0 aliphatic carbocycles. The molecule has 0 saturated heterocycles. The van der Waals surface area contributed by atoms with E-state index < -0.39 is 0 Å². The second kappa shape index (κ2) is 7.42. The van der Waals surface area contributed by atoms with Crippen molar-refractivity contribution in [1.29, 1.82) is 0 Å². The van der Waals surface area contributed by atoms with E-state index in [1.165, 1.54) is 6.33 Å². The Morgan fingerprint density at radius 3 is 2.76 bits per heavy atom. The highest BCUT2D eigenvalue weighted by Gasteiger charge is 2.06. The van der Waals surface area contributed by atoms with E-state index in [2.05, 4.69) is 20.5 Å². The highest BCUT2D eigenvalue weighted by Crippen LogP contribution is 2.21. The van der Waals surface area contributed by atoms with Crippen LogP contribution in [0, 0.1) is 13.8 Å². The molecule has 0 atom stereocenters. The molecule has 2 aromatic rings. The summed E-state index contributed by atoms with van der Waals surface area (Å²) in [7, 11) is 0. The molecule has 0 unspecified atom stereocenters. The molecule has 0 saturated carbocycles. The number of aromatic nitrogens is 3. The molecule has 6 nitrogen and oxygen atoms in total. The molecule has 1 amide bonds. The van der Waals surface area contributed by atoms with Crippen LogP contribution in [0.15, 0.2) is 24.5 Å². The van der Waals surface area contributed by atoms with Gasteiger partial charge in [-0.25, -0.2) is 4.98 Å². The first kappa shape index (κ1) is 15.0. The van der Waals surface area contributed by atoms with Crippen LogP contribution in [0.5, 0.6) is 5.75 Å². The maximum Gasteiger partial charge on any atom is 0.257 e. The first-order valence-electron chi connectivity index (χ1n) is 6.97. The number of ether oxygens (including phenoxy) is 1. The Labute approximate surface area is 123 Å². The van der Waals surface area contributed by atoms with Gasteiger partial charge in [-0.3, -0.25) is 9.89 Å². The van der Waals surface area contributed by atoms with Crippen molar-refractivity contribution < 1.29 is 9.53 Å². The zero-order chi connectivity index (χ0) is 15.1. The minimum absolute atomic E-state index is 0.0357. The van der Waals surface area contributed by atoms with Crippen LogP contribution in [-0.4, -0.2) is 34.2 Å². The number of hydrogen-bond acceptors (Lipinski definition) is 4. The Bertz CT molecular complexity index is 561. The highest BCUT2D eigenvalue weighted by atomic mass is 16.5. The van der Waals surface area contributed by atoms with Crippen LogP contribution >= 0.6 is 0 Å². The van der Waals surface area contributed by atoms with Gasteiger partial charge in [-0.1, -0.05) is 18.2 Å². The standard InChI is InChI=1S/C15H20N4O2/c1-11-5-3-6-12(2)15(11)21-9-14(20)16-8-4-7-13-17-10-18-19-13/h3,5-6,10H,4,7-9H2,1-2H3,(H,16,20)(H,17,18,19). The molecule has 1 aromatic heterocycles. The predicted molar refractivity (Wildman–Crippen MR) is 79.1 cm³/mol. The molecule has 0 aliphatic heterocycles. The second-order valence-electron chi connectivity index (χ2n) is 4.90. The molecule has 112 valence electrons. The molecular formula is C15H20N4O2. The number of hydrogen-bond donors (Lipinski definition) is 2. The molecule has 1 heterocycles. The molecule has 2 N–H and O–H groups in total. The van der Waals surface area contributed by atoms with Gasteiger partial charge in [0.2, 0.25) is 0 Å². The smallest absolute Gasteiger partial charge is 0.257 e. The van der Waals surface area contributed by atoms with Gasteiger partial charge in [0.25, 0.3) is 5.91 Å². The van der Waals surface area contributed by atoms with Crippen molar-refractivity contribution in [1.82, 2.24) is 20.5 Å². The lowest BCUT2D eigenvalue weighted by atomic mass is 10.1. The minimum atomic E-state index is -0.116. The monoisotopic (exact) mass is 288 g/mol. The Kier molecular flexibility index (Phi) is 5.31. The maximum absolute atomic E-state index is 11.7. The average Bonchev–Trinajstić information content (AvgIpc) is 2.96. The largest absolute Gasteiger partial charge is 0.483 e. The predicted octanol–water partition coefficient (Wildman–Crippen LogP) is 1.55. The summed E-state index contributed by atoms with van der Waals surface area (Å²) in [4.78, 5) is 15.8. The van der Waals surface area contributed by atoms with Gasteiger partial charge in [-0.05, 0) is 31.4 Å². The van der Waals surface area contributed by atoms with Crippen molar-refractivity contribution in [2.45, 2.75) is 26.7 Å². The van der Waals surface area contributed by atoms with Crippen LogP contribution < -0.4 is 10.1 Å². The minimum Gasteiger partial charge on any atom is -0.483 e. The summed E-state index contributed by atoms with van der Waals surface area (Å²) >= 11 is 0. The van der Waals surface area contributed by atoms with E-state index in [4.69, 9.17) is 4.74 Å². The number of aromatic amines is 1. The van der Waals surface area contributed by atoms with E-state index in [0.717, 1.165) is 35.5 Å². The van der Waals surface area contributed by atoms with E-state index in [0.29, 0.717) is 6.54 Å². The van der Waals surface area contributed by atoms with Crippen molar-refractivity contribution in [3.63, 3.8) is 0 Å². The van der Waals surface area contributed by atoms with Crippen LogP contribution in [0.2, 0.25) is 0 Å². The van der Waals surface area contributed by atoms with E-state index in [-0.39, 0.29) is 12.5 Å². The van der Waals surface area contributed by atoms with Gasteiger partial charge in [-0.2, -0.15) is 5.10 Å². The van der Waals surface area contributed by atoms with Crippen LogP contribution in [0.25, 0.3) is 0 Å². The van der Waals surface area contributed by atoms with E-state index in [9.17, 15) is 4.79 Å². The number of carbonyl (C=O) groups is 1. The van der Waals surface area contributed by atoms with Gasteiger partial charge in [0, 0.05) is 13.0 Å². The summed E-state index contributed by atoms with van der Waals surface area (Å²) in [5, 5.41) is 9.39. The summed E-state index contributed by atoms with van der Waals surface area (Å²) in [6, 6.07) is 5.91. The Balaban J connectivity index is 1.68. The number of carbonyl (C=O) groups excluding carboxylic acids is 1. The van der Waals surface area contributed by atoms with E-state index >= 15 is 0 Å². The van der Waals surface area contributed by atoms with Gasteiger partial charge < -0.3 is 10.1 Å². The number of benzene rings is 1. The molecule has 0 radical (unpaired) electrons. The number of rotatable bonds is 7. The summed E-state index contributed by atoms with van der Waals surface area (Å²) in [5.74, 6) is 1.50. The van der Waals surface area contributed by atoms with Crippen LogP contribution in [0.3, 0.4) is 0 Å². The number of nitrogens with one attached hydrogen (secondary N) is 2. The van der Waals surface area contributed by atoms with Crippen molar-refractivity contribution in [3.8, 4) is 5.75 Å². The zero-order valence-corrected chi connectivity index (χ0v) is 12.3. The van der Waals surface area contributed by atoms with Crippen molar-refractivity contribution in [2.75, 3.05) is 13.2 Å². The fourth-order valence-corrected chi connectivity index (χ4v) is 2.05. The van der Waals surface area contributed by atoms with Gasteiger partial charge >= 0.3 is 0 Å². The summed E-state index contributed by atoms with van der Waals surface area (Å²) in [5.41, 5.74) is 2.07. The average molecular weight is 288 g/mol. The molecule has 2 rings (SSSR count). The van der Waals surface area contributed by atoms with Gasteiger partial charge in [0.15, 0.2) is 6.61 Å². The van der Waals surface area contributed by atoms with Crippen LogP contribution in [-0.2, 0) is 11.2 Å². The van der Waals surface area contributed by atoms with Gasteiger partial charge in [0.1, 0.15) is 17.9 Å². The summed E-state index contributed by atoms with van der Waals surface area (Å²) < 4.78 is 5.59. The normalized spacial score (nSPS) is 10.4. The number of amides is 1. The summed E-state index contributed by atoms with van der Waals surface area (Å²) in [6.45, 7) is 4.57. The highest BCUT2D eigenvalue weighted by molar-refractivity contribution is 5.77. The molecule has 1 aromatic carbocycles. The lowest BCUT2D eigenvalue weighted by Crippen LogP contribution is -2.30. The molecule has 0 aliphatic rings.